The van der Waals surface area contributed by atoms with Gasteiger partial charge in [-0.1, -0.05) is 33.6 Å². The lowest BCUT2D eigenvalue weighted by Gasteiger charge is -2.04. The monoisotopic (exact) mass is 304 g/mol. The maximum atomic E-state index is 11.5. The molecule has 0 N–H and O–H groups in total. The molecule has 0 fully saturated rings. The predicted molar refractivity (Wildman–Crippen MR) is 65.5 cm³/mol. The summed E-state index contributed by atoms with van der Waals surface area (Å²) in [6.07, 6.45) is 0.397. The van der Waals surface area contributed by atoms with Gasteiger partial charge in [0.05, 0.1) is 17.7 Å². The van der Waals surface area contributed by atoms with Crippen molar-refractivity contribution in [2.45, 2.75) is 6.42 Å². The molecule has 0 amide bonds. The standard InChI is InChI=1S/C11H10BrClO3/c1-16-11(15)8-3-2-7(6-9(8)13)10(14)4-5-12/h2-3,6H,4-5H2,1H3. The van der Waals surface area contributed by atoms with Crippen molar-refractivity contribution in [3.63, 3.8) is 0 Å². The third kappa shape index (κ3) is 3.06. The van der Waals surface area contributed by atoms with Crippen molar-refractivity contribution < 1.29 is 14.3 Å². The summed E-state index contributed by atoms with van der Waals surface area (Å²) in [5.41, 5.74) is 0.761. The zero-order chi connectivity index (χ0) is 12.1. The quantitative estimate of drug-likeness (QED) is 0.488. The van der Waals surface area contributed by atoms with Crippen LogP contribution >= 0.6 is 27.5 Å². The molecule has 5 heteroatoms. The second-order valence-electron chi connectivity index (χ2n) is 3.05. The number of carbonyl (C=O) groups is 2. The van der Waals surface area contributed by atoms with Crippen molar-refractivity contribution in [3.8, 4) is 0 Å². The first-order chi connectivity index (χ1) is 7.60. The number of ether oxygens (including phenoxy) is 1. The fourth-order valence-electron chi connectivity index (χ4n) is 1.19. The van der Waals surface area contributed by atoms with E-state index in [2.05, 4.69) is 20.7 Å². The van der Waals surface area contributed by atoms with Crippen molar-refractivity contribution in [2.24, 2.45) is 0 Å². The van der Waals surface area contributed by atoms with Gasteiger partial charge in [-0.3, -0.25) is 4.79 Å². The molecule has 0 atom stereocenters. The van der Waals surface area contributed by atoms with Crippen LogP contribution in [-0.2, 0) is 4.74 Å². The van der Waals surface area contributed by atoms with Gasteiger partial charge in [0.1, 0.15) is 0 Å². The van der Waals surface area contributed by atoms with Crippen LogP contribution < -0.4 is 0 Å². The SMILES string of the molecule is COC(=O)c1ccc(C(=O)CCBr)cc1Cl. The van der Waals surface area contributed by atoms with Gasteiger partial charge in [0.2, 0.25) is 0 Å². The van der Waals surface area contributed by atoms with Crippen LogP contribution in [0.3, 0.4) is 0 Å². The van der Waals surface area contributed by atoms with Crippen LogP contribution in [0.5, 0.6) is 0 Å². The highest BCUT2D eigenvalue weighted by atomic mass is 79.9. The van der Waals surface area contributed by atoms with E-state index < -0.39 is 5.97 Å². The molecule has 0 saturated carbocycles. The largest absolute Gasteiger partial charge is 0.465 e. The molecule has 0 saturated heterocycles. The van der Waals surface area contributed by atoms with Crippen LogP contribution in [0.25, 0.3) is 0 Å². The maximum Gasteiger partial charge on any atom is 0.339 e. The maximum absolute atomic E-state index is 11.5. The molecule has 86 valence electrons. The number of benzene rings is 1. The molecule has 0 heterocycles. The number of hydrogen-bond donors (Lipinski definition) is 0. The van der Waals surface area contributed by atoms with Crippen LogP contribution in [0.15, 0.2) is 18.2 Å². The van der Waals surface area contributed by atoms with E-state index >= 15 is 0 Å². The second-order valence-corrected chi connectivity index (χ2v) is 4.25. The predicted octanol–water partition coefficient (Wildman–Crippen LogP) is 3.09. The molecule has 1 aromatic rings. The Hall–Kier alpha value is -0.870. The van der Waals surface area contributed by atoms with E-state index in [0.29, 0.717) is 17.3 Å². The molecular formula is C11H10BrClO3. The summed E-state index contributed by atoms with van der Waals surface area (Å²) in [5, 5.41) is 0.828. The lowest BCUT2D eigenvalue weighted by molar-refractivity contribution is 0.0600. The third-order valence-corrected chi connectivity index (χ3v) is 2.73. The Morgan fingerprint density at radius 2 is 2.12 bits per heavy atom. The van der Waals surface area contributed by atoms with Crippen molar-refractivity contribution in [1.82, 2.24) is 0 Å². The molecule has 3 nitrogen and oxygen atoms in total. The molecule has 0 bridgehead atoms. The fraction of sp³-hybridized carbons (Fsp3) is 0.273. The molecule has 1 rings (SSSR count). The number of alkyl halides is 1. The second kappa shape index (κ2) is 6.01. The van der Waals surface area contributed by atoms with Crippen molar-refractivity contribution in [1.29, 1.82) is 0 Å². The third-order valence-electron chi connectivity index (χ3n) is 2.02. The van der Waals surface area contributed by atoms with Gasteiger partial charge in [0.25, 0.3) is 0 Å². The van der Waals surface area contributed by atoms with E-state index in [4.69, 9.17) is 11.6 Å². The molecule has 16 heavy (non-hydrogen) atoms. The van der Waals surface area contributed by atoms with Gasteiger partial charge in [-0.15, -0.1) is 0 Å². The summed E-state index contributed by atoms with van der Waals surface area (Å²) in [6, 6.07) is 4.55. The molecule has 0 aliphatic heterocycles. The van der Waals surface area contributed by atoms with E-state index in [9.17, 15) is 9.59 Å². The van der Waals surface area contributed by atoms with Gasteiger partial charge in [-0.05, 0) is 12.1 Å². The van der Waals surface area contributed by atoms with Crippen LogP contribution in [0, 0.1) is 0 Å². The first-order valence-corrected chi connectivity index (χ1v) is 6.07. The van der Waals surface area contributed by atoms with Gasteiger partial charge in [-0.25, -0.2) is 4.79 Å². The molecule has 0 unspecified atom stereocenters. The Kier molecular flexibility index (Phi) is 4.96. The van der Waals surface area contributed by atoms with Crippen LogP contribution in [-0.4, -0.2) is 24.2 Å². The zero-order valence-electron chi connectivity index (χ0n) is 8.63. The van der Waals surface area contributed by atoms with Crippen LogP contribution in [0.1, 0.15) is 27.1 Å². The van der Waals surface area contributed by atoms with E-state index in [1.807, 2.05) is 0 Å². The lowest BCUT2D eigenvalue weighted by atomic mass is 10.1. The average molecular weight is 306 g/mol. The number of Topliss-reactive ketones (excluding diaryl/α,β-unsaturated/α-hetero) is 1. The van der Waals surface area contributed by atoms with Crippen molar-refractivity contribution >= 4 is 39.3 Å². The van der Waals surface area contributed by atoms with E-state index in [0.717, 1.165) is 0 Å². The fourth-order valence-corrected chi connectivity index (χ4v) is 1.81. The first kappa shape index (κ1) is 13.2. The number of methoxy groups -OCH3 is 1. The number of hydrogen-bond acceptors (Lipinski definition) is 3. The smallest absolute Gasteiger partial charge is 0.339 e. The first-order valence-electron chi connectivity index (χ1n) is 4.57. The van der Waals surface area contributed by atoms with E-state index in [1.165, 1.54) is 19.2 Å². The Morgan fingerprint density at radius 3 is 2.62 bits per heavy atom. The van der Waals surface area contributed by atoms with Gasteiger partial charge in [0.15, 0.2) is 5.78 Å². The van der Waals surface area contributed by atoms with Gasteiger partial charge in [-0.2, -0.15) is 0 Å². The number of rotatable bonds is 4. The highest BCUT2D eigenvalue weighted by Gasteiger charge is 2.13. The lowest BCUT2D eigenvalue weighted by Crippen LogP contribution is -2.05. The molecular weight excluding hydrogens is 295 g/mol. The summed E-state index contributed by atoms with van der Waals surface area (Å²) in [5.74, 6) is -0.528. The van der Waals surface area contributed by atoms with Crippen LogP contribution in [0.2, 0.25) is 5.02 Å². The Balaban J connectivity index is 2.99. The summed E-state index contributed by atoms with van der Waals surface area (Å²) < 4.78 is 4.55. The Morgan fingerprint density at radius 1 is 1.44 bits per heavy atom. The zero-order valence-corrected chi connectivity index (χ0v) is 11.0. The van der Waals surface area contributed by atoms with Crippen LogP contribution in [0.4, 0.5) is 0 Å². The summed E-state index contributed by atoms with van der Waals surface area (Å²) in [6.45, 7) is 0. The summed E-state index contributed by atoms with van der Waals surface area (Å²) in [4.78, 5) is 22.8. The Bertz CT molecular complexity index is 418. The minimum absolute atomic E-state index is 0.0183. The molecule has 0 radical (unpaired) electrons. The molecule has 0 aliphatic carbocycles. The summed E-state index contributed by atoms with van der Waals surface area (Å²) >= 11 is 9.07. The number of carbonyl (C=O) groups excluding carboxylic acids is 2. The molecule has 0 aliphatic rings. The minimum atomic E-state index is -0.510. The van der Waals surface area contributed by atoms with Crippen molar-refractivity contribution in [3.05, 3.63) is 34.3 Å². The van der Waals surface area contributed by atoms with Gasteiger partial charge >= 0.3 is 5.97 Å². The molecule has 0 aromatic heterocycles. The van der Waals surface area contributed by atoms with E-state index in [1.54, 1.807) is 6.07 Å². The normalized spacial score (nSPS) is 9.94. The van der Waals surface area contributed by atoms with E-state index in [-0.39, 0.29) is 16.4 Å². The number of esters is 1. The minimum Gasteiger partial charge on any atom is -0.465 e. The number of ketones is 1. The highest BCUT2D eigenvalue weighted by molar-refractivity contribution is 9.09. The highest BCUT2D eigenvalue weighted by Crippen LogP contribution is 2.19. The Labute approximate surface area is 107 Å². The average Bonchev–Trinajstić information content (AvgIpc) is 2.28. The summed E-state index contributed by atoms with van der Waals surface area (Å²) in [7, 11) is 1.28. The molecule has 0 spiro atoms. The van der Waals surface area contributed by atoms with Crippen molar-refractivity contribution in [2.75, 3.05) is 12.4 Å². The van der Waals surface area contributed by atoms with Gasteiger partial charge < -0.3 is 4.74 Å². The van der Waals surface area contributed by atoms with Gasteiger partial charge in [0, 0.05) is 17.3 Å². The molecule has 1 aromatic carbocycles. The number of halogens is 2. The topological polar surface area (TPSA) is 43.4 Å².